The lowest BCUT2D eigenvalue weighted by Gasteiger charge is -2.10. The van der Waals surface area contributed by atoms with Crippen LogP contribution in [0.25, 0.3) is 16.9 Å². The molecule has 1 aromatic heterocycles. The van der Waals surface area contributed by atoms with Crippen molar-refractivity contribution in [2.45, 2.75) is 0 Å². The third-order valence-corrected chi connectivity index (χ3v) is 4.29. The van der Waals surface area contributed by atoms with E-state index >= 15 is 0 Å². The summed E-state index contributed by atoms with van der Waals surface area (Å²) in [6, 6.07) is 12.5. The van der Waals surface area contributed by atoms with Crippen molar-refractivity contribution in [3.63, 3.8) is 0 Å². The molecular weight excluding hydrogens is 350 g/mol. The largest absolute Gasteiger partial charge is 0.232 e. The third-order valence-electron chi connectivity index (χ3n) is 2.99. The number of nitrogens with zero attached hydrogens (tertiary/aromatic N) is 2. The summed E-state index contributed by atoms with van der Waals surface area (Å²) in [4.78, 5) is 0. The van der Waals surface area contributed by atoms with Crippen LogP contribution in [-0.2, 0) is 0 Å². The van der Waals surface area contributed by atoms with Gasteiger partial charge in [0.1, 0.15) is 0 Å². The Labute approximate surface area is 141 Å². The number of halogens is 4. The van der Waals surface area contributed by atoms with E-state index in [1.54, 1.807) is 41.2 Å². The Morgan fingerprint density at radius 1 is 0.762 bits per heavy atom. The molecule has 2 aromatic carbocycles. The molecule has 2 nitrogen and oxygen atoms in total. The van der Waals surface area contributed by atoms with Crippen molar-refractivity contribution in [1.29, 1.82) is 0 Å². The van der Waals surface area contributed by atoms with E-state index in [2.05, 4.69) is 5.10 Å². The van der Waals surface area contributed by atoms with Crippen molar-refractivity contribution in [1.82, 2.24) is 9.78 Å². The number of hydrogen-bond donors (Lipinski definition) is 0. The van der Waals surface area contributed by atoms with Gasteiger partial charge in [0.25, 0.3) is 0 Å². The molecule has 21 heavy (non-hydrogen) atoms. The Morgan fingerprint density at radius 2 is 1.52 bits per heavy atom. The first-order valence-electron chi connectivity index (χ1n) is 6.01. The zero-order chi connectivity index (χ0) is 15.0. The highest BCUT2D eigenvalue weighted by molar-refractivity contribution is 6.42. The second-order valence-corrected chi connectivity index (χ2v) is 6.01. The van der Waals surface area contributed by atoms with Crippen LogP contribution in [-0.4, -0.2) is 9.78 Å². The number of aromatic nitrogens is 2. The minimum absolute atomic E-state index is 0.485. The first-order chi connectivity index (χ1) is 10.1. The summed E-state index contributed by atoms with van der Waals surface area (Å²) in [5.41, 5.74) is 2.44. The minimum atomic E-state index is 0.485. The second kappa shape index (κ2) is 5.90. The van der Waals surface area contributed by atoms with Crippen molar-refractivity contribution in [2.75, 3.05) is 0 Å². The Kier molecular flexibility index (Phi) is 4.14. The molecule has 0 saturated heterocycles. The lowest BCUT2D eigenvalue weighted by Crippen LogP contribution is -1.99. The molecule has 1 heterocycles. The van der Waals surface area contributed by atoms with E-state index in [0.29, 0.717) is 25.8 Å². The molecule has 0 aliphatic heterocycles. The molecule has 0 saturated carbocycles. The van der Waals surface area contributed by atoms with Gasteiger partial charge < -0.3 is 0 Å². The predicted molar refractivity (Wildman–Crippen MR) is 89.0 cm³/mol. The van der Waals surface area contributed by atoms with Crippen LogP contribution in [0.5, 0.6) is 0 Å². The average molecular weight is 358 g/mol. The van der Waals surface area contributed by atoms with E-state index in [-0.39, 0.29) is 0 Å². The fraction of sp³-hybridized carbons (Fsp3) is 0. The van der Waals surface area contributed by atoms with Gasteiger partial charge >= 0.3 is 0 Å². The molecule has 0 N–H and O–H groups in total. The normalized spacial score (nSPS) is 10.9. The number of rotatable bonds is 2. The Balaban J connectivity index is 2.17. The van der Waals surface area contributed by atoms with Gasteiger partial charge in [-0.15, -0.1) is 0 Å². The van der Waals surface area contributed by atoms with E-state index in [1.807, 2.05) is 12.1 Å². The molecule has 0 fully saturated rings. The van der Waals surface area contributed by atoms with Gasteiger partial charge in [-0.05, 0) is 36.4 Å². The first kappa shape index (κ1) is 14.7. The molecule has 0 spiro atoms. The van der Waals surface area contributed by atoms with Crippen molar-refractivity contribution < 1.29 is 0 Å². The monoisotopic (exact) mass is 356 g/mol. The lowest BCUT2D eigenvalue weighted by atomic mass is 10.1. The summed E-state index contributed by atoms with van der Waals surface area (Å²) in [6.45, 7) is 0. The van der Waals surface area contributed by atoms with Gasteiger partial charge in [-0.2, -0.15) is 5.10 Å². The molecule has 0 unspecified atom stereocenters. The molecule has 3 aromatic rings. The van der Waals surface area contributed by atoms with Gasteiger partial charge in [0.05, 0.1) is 32.6 Å². The molecule has 0 aliphatic carbocycles. The van der Waals surface area contributed by atoms with Gasteiger partial charge in [0, 0.05) is 10.6 Å². The molecule has 0 bridgehead atoms. The summed E-state index contributed by atoms with van der Waals surface area (Å²) >= 11 is 24.3. The zero-order valence-electron chi connectivity index (χ0n) is 10.5. The first-order valence-corrected chi connectivity index (χ1v) is 7.52. The van der Waals surface area contributed by atoms with Gasteiger partial charge in [-0.25, -0.2) is 4.68 Å². The average Bonchev–Trinajstić information content (AvgIpc) is 2.93. The quantitative estimate of drug-likeness (QED) is 0.537. The van der Waals surface area contributed by atoms with Crippen LogP contribution in [0, 0.1) is 0 Å². The number of hydrogen-bond acceptors (Lipinski definition) is 1. The van der Waals surface area contributed by atoms with Gasteiger partial charge in [0.2, 0.25) is 0 Å². The molecule has 0 radical (unpaired) electrons. The molecule has 3 rings (SSSR count). The van der Waals surface area contributed by atoms with Gasteiger partial charge in [0.15, 0.2) is 0 Å². The van der Waals surface area contributed by atoms with E-state index in [1.165, 1.54) is 0 Å². The highest BCUT2D eigenvalue weighted by Gasteiger charge is 2.12. The highest BCUT2D eigenvalue weighted by atomic mass is 35.5. The molecule has 0 amide bonds. The Bertz CT molecular complexity index is 811. The van der Waals surface area contributed by atoms with Crippen LogP contribution < -0.4 is 0 Å². The maximum atomic E-state index is 6.24. The fourth-order valence-corrected chi connectivity index (χ4v) is 2.68. The van der Waals surface area contributed by atoms with Crippen LogP contribution >= 0.6 is 46.4 Å². The van der Waals surface area contributed by atoms with E-state index in [4.69, 9.17) is 46.4 Å². The summed E-state index contributed by atoms with van der Waals surface area (Å²) in [6.07, 6.45) is 1.69. The fourth-order valence-electron chi connectivity index (χ4n) is 2.02. The Morgan fingerprint density at radius 3 is 2.29 bits per heavy atom. The number of benzene rings is 2. The minimum Gasteiger partial charge on any atom is -0.232 e. The van der Waals surface area contributed by atoms with Crippen LogP contribution in [0.3, 0.4) is 0 Å². The van der Waals surface area contributed by atoms with E-state index < -0.39 is 0 Å². The van der Waals surface area contributed by atoms with Gasteiger partial charge in [-0.3, -0.25) is 0 Å². The highest BCUT2D eigenvalue weighted by Crippen LogP contribution is 2.32. The van der Waals surface area contributed by atoms with Crippen LogP contribution in [0.1, 0.15) is 0 Å². The van der Waals surface area contributed by atoms with Crippen molar-refractivity contribution in [3.8, 4) is 16.9 Å². The van der Waals surface area contributed by atoms with Gasteiger partial charge in [-0.1, -0.05) is 52.5 Å². The van der Waals surface area contributed by atoms with Crippen LogP contribution in [0.15, 0.2) is 48.7 Å². The van der Waals surface area contributed by atoms with E-state index in [9.17, 15) is 0 Å². The summed E-state index contributed by atoms with van der Waals surface area (Å²) in [5.74, 6) is 0. The van der Waals surface area contributed by atoms with Crippen LogP contribution in [0.2, 0.25) is 20.1 Å². The van der Waals surface area contributed by atoms with E-state index in [0.717, 1.165) is 11.3 Å². The van der Waals surface area contributed by atoms with Crippen molar-refractivity contribution in [3.05, 3.63) is 68.8 Å². The Hall–Kier alpha value is -1.19. The van der Waals surface area contributed by atoms with Crippen molar-refractivity contribution in [2.24, 2.45) is 0 Å². The summed E-state index contributed by atoms with van der Waals surface area (Å²) in [7, 11) is 0. The lowest BCUT2D eigenvalue weighted by molar-refractivity contribution is 0.888. The molecule has 106 valence electrons. The topological polar surface area (TPSA) is 17.8 Å². The smallest absolute Gasteiger partial charge is 0.0853 e. The SMILES string of the molecule is Clc1ccc(Cl)c(-n2nccc2-c2ccc(Cl)c(Cl)c2)c1. The maximum absolute atomic E-state index is 6.24. The van der Waals surface area contributed by atoms with Crippen molar-refractivity contribution >= 4 is 46.4 Å². The molecule has 0 atom stereocenters. The summed E-state index contributed by atoms with van der Waals surface area (Å²) in [5, 5.41) is 6.45. The predicted octanol–water partition coefficient (Wildman–Crippen LogP) is 6.15. The standard InChI is InChI=1S/C15H8Cl4N2/c16-10-2-4-12(18)15(8-10)21-14(5-6-20-21)9-1-3-11(17)13(19)7-9/h1-8H. The van der Waals surface area contributed by atoms with Crippen LogP contribution in [0.4, 0.5) is 0 Å². The zero-order valence-corrected chi connectivity index (χ0v) is 13.5. The molecular formula is C15H8Cl4N2. The second-order valence-electron chi connectivity index (χ2n) is 4.35. The summed E-state index contributed by atoms with van der Waals surface area (Å²) < 4.78 is 1.72. The molecule has 0 aliphatic rings. The third kappa shape index (κ3) is 2.90. The molecule has 6 heteroatoms. The maximum Gasteiger partial charge on any atom is 0.0853 e.